The van der Waals surface area contributed by atoms with Gasteiger partial charge in [0.2, 0.25) is 0 Å². The van der Waals surface area contributed by atoms with Gasteiger partial charge in [-0.2, -0.15) is 5.26 Å². The molecule has 1 atom stereocenters. The van der Waals surface area contributed by atoms with Crippen LogP contribution >= 0.6 is 11.3 Å². The molecule has 0 unspecified atom stereocenters. The molecule has 9 heteroatoms. The summed E-state index contributed by atoms with van der Waals surface area (Å²) in [5, 5.41) is 11.3. The second-order valence-corrected chi connectivity index (χ2v) is 8.73. The number of carbonyl (C=O) groups is 2. The molecule has 0 amide bonds. The molecule has 0 aliphatic rings. The van der Waals surface area contributed by atoms with Crippen molar-refractivity contribution in [3.8, 4) is 6.07 Å². The first-order valence-corrected chi connectivity index (χ1v) is 10.4. The zero-order chi connectivity index (χ0) is 19.3. The molecule has 0 saturated heterocycles. The van der Waals surface area contributed by atoms with Crippen LogP contribution in [0.1, 0.15) is 32.5 Å². The van der Waals surface area contributed by atoms with Crippen molar-refractivity contribution in [2.24, 2.45) is 0 Å². The molecule has 7 nitrogen and oxygen atoms in total. The van der Waals surface area contributed by atoms with Crippen molar-refractivity contribution in [3.05, 3.63) is 51.5 Å². The van der Waals surface area contributed by atoms with Gasteiger partial charge in [-0.3, -0.25) is 4.79 Å². The molecule has 0 fully saturated rings. The summed E-state index contributed by atoms with van der Waals surface area (Å²) in [6.45, 7) is 1.19. The van der Waals surface area contributed by atoms with Crippen molar-refractivity contribution >= 4 is 32.9 Å². The van der Waals surface area contributed by atoms with Gasteiger partial charge in [0.15, 0.2) is 28.1 Å². The Balaban J connectivity index is 2.03. The van der Waals surface area contributed by atoms with E-state index in [9.17, 15) is 23.3 Å². The molecule has 0 N–H and O–H groups in total. The van der Waals surface area contributed by atoms with E-state index in [1.54, 1.807) is 18.4 Å². The zero-order valence-corrected chi connectivity index (χ0v) is 15.8. The number of benzene rings is 1. The molecule has 1 aromatic heterocycles. The van der Waals surface area contributed by atoms with Gasteiger partial charge in [-0.15, -0.1) is 11.3 Å². The molecule has 0 spiro atoms. The number of aryl methyl sites for hydroxylation is 1. The maximum absolute atomic E-state index is 12.2. The lowest BCUT2D eigenvalue weighted by molar-refractivity contribution is -0.122. The van der Waals surface area contributed by atoms with Crippen molar-refractivity contribution in [2.45, 2.75) is 18.6 Å². The molecule has 0 radical (unpaired) electrons. The number of Topliss-reactive ketones (excluding diaryl/α,β-unsaturated/α-hetero) is 1. The molecule has 1 aromatic carbocycles. The standard InChI is InChI=1S/C17H16N2O5S2/c1-11-9-25-16(19-11)14(7-18)15(20)8-24-17(21)13-5-3-4-12(6-13)10-26(2,22)23/h3-6,9,14H,8,10H2,1-2H3/t14-/m1/s1. The van der Waals surface area contributed by atoms with Gasteiger partial charge in [0.25, 0.3) is 0 Å². The lowest BCUT2D eigenvalue weighted by atomic mass is 10.1. The molecule has 1 heterocycles. The Kier molecular flexibility index (Phi) is 6.23. The highest BCUT2D eigenvalue weighted by Gasteiger charge is 2.24. The lowest BCUT2D eigenvalue weighted by Crippen LogP contribution is -2.20. The fourth-order valence-corrected chi connectivity index (χ4v) is 3.81. The minimum absolute atomic E-state index is 0.137. The summed E-state index contributed by atoms with van der Waals surface area (Å²) in [7, 11) is -3.24. The highest BCUT2D eigenvalue weighted by molar-refractivity contribution is 7.89. The Bertz CT molecular complexity index is 973. The number of ketones is 1. The number of nitriles is 1. The van der Waals surface area contributed by atoms with Crippen LogP contribution in [-0.2, 0) is 25.1 Å². The number of ether oxygens (including phenoxy) is 1. The van der Waals surface area contributed by atoms with Gasteiger partial charge < -0.3 is 4.74 Å². The van der Waals surface area contributed by atoms with E-state index in [0.717, 1.165) is 6.26 Å². The van der Waals surface area contributed by atoms with Gasteiger partial charge in [-0.25, -0.2) is 18.2 Å². The summed E-state index contributed by atoms with van der Waals surface area (Å²) >= 11 is 1.20. The van der Waals surface area contributed by atoms with E-state index in [4.69, 9.17) is 4.74 Å². The maximum atomic E-state index is 12.2. The van der Waals surface area contributed by atoms with E-state index in [0.29, 0.717) is 16.3 Å². The SMILES string of the molecule is Cc1csc([C@H](C#N)C(=O)COC(=O)c2cccc(CS(C)(=O)=O)c2)n1. The molecule has 2 aromatic rings. The number of hydrogen-bond acceptors (Lipinski definition) is 8. The molecular weight excluding hydrogens is 376 g/mol. The summed E-state index contributed by atoms with van der Waals surface area (Å²) in [5.41, 5.74) is 1.29. The number of rotatable bonds is 7. The Morgan fingerprint density at radius 1 is 1.38 bits per heavy atom. The van der Waals surface area contributed by atoms with Crippen LogP contribution in [0.25, 0.3) is 0 Å². The molecule has 26 heavy (non-hydrogen) atoms. The largest absolute Gasteiger partial charge is 0.454 e. The van der Waals surface area contributed by atoms with Crippen LogP contribution in [0.5, 0.6) is 0 Å². The normalized spacial score (nSPS) is 12.2. The first kappa shape index (κ1) is 19.8. The fourth-order valence-electron chi connectivity index (χ4n) is 2.16. The molecule has 136 valence electrons. The number of nitrogens with zero attached hydrogens (tertiary/aromatic N) is 2. The zero-order valence-electron chi connectivity index (χ0n) is 14.1. The predicted molar refractivity (Wildman–Crippen MR) is 95.5 cm³/mol. The molecular formula is C17H16N2O5S2. The smallest absolute Gasteiger partial charge is 0.338 e. The first-order chi connectivity index (χ1) is 12.2. The van der Waals surface area contributed by atoms with E-state index in [1.807, 2.05) is 6.07 Å². The number of sulfone groups is 1. The summed E-state index contributed by atoms with van der Waals surface area (Å²) in [4.78, 5) is 28.4. The quantitative estimate of drug-likeness (QED) is 0.662. The van der Waals surface area contributed by atoms with Crippen LogP contribution in [0.2, 0.25) is 0 Å². The summed E-state index contributed by atoms with van der Waals surface area (Å²) < 4.78 is 27.7. The van der Waals surface area contributed by atoms with Crippen LogP contribution in [-0.4, -0.2) is 38.0 Å². The van der Waals surface area contributed by atoms with Crippen molar-refractivity contribution in [3.63, 3.8) is 0 Å². The van der Waals surface area contributed by atoms with Gasteiger partial charge in [-0.1, -0.05) is 12.1 Å². The maximum Gasteiger partial charge on any atom is 0.338 e. The van der Waals surface area contributed by atoms with Crippen molar-refractivity contribution in [2.75, 3.05) is 12.9 Å². The molecule has 0 aliphatic carbocycles. The average Bonchev–Trinajstić information content (AvgIpc) is 2.98. The highest BCUT2D eigenvalue weighted by atomic mass is 32.2. The van der Waals surface area contributed by atoms with E-state index >= 15 is 0 Å². The number of aromatic nitrogens is 1. The minimum atomic E-state index is -3.24. The fraction of sp³-hybridized carbons (Fsp3) is 0.294. The van der Waals surface area contributed by atoms with Crippen molar-refractivity contribution < 1.29 is 22.7 Å². The third-order valence-electron chi connectivity index (χ3n) is 3.27. The third-order valence-corrected chi connectivity index (χ3v) is 5.16. The van der Waals surface area contributed by atoms with Crippen LogP contribution in [0.3, 0.4) is 0 Å². The molecule has 2 rings (SSSR count). The monoisotopic (exact) mass is 392 g/mol. The number of hydrogen-bond donors (Lipinski definition) is 0. The van der Waals surface area contributed by atoms with Gasteiger partial charge in [0, 0.05) is 17.3 Å². The molecule has 0 aliphatic heterocycles. The van der Waals surface area contributed by atoms with E-state index in [-0.39, 0.29) is 11.3 Å². The minimum Gasteiger partial charge on any atom is -0.454 e. The second-order valence-electron chi connectivity index (χ2n) is 5.70. The Labute approximate surface area is 155 Å². The Morgan fingerprint density at radius 2 is 2.12 bits per heavy atom. The summed E-state index contributed by atoms with van der Waals surface area (Å²) in [5.74, 6) is -2.62. The first-order valence-electron chi connectivity index (χ1n) is 7.48. The van der Waals surface area contributed by atoms with Gasteiger partial charge in [0.05, 0.1) is 17.4 Å². The van der Waals surface area contributed by atoms with Crippen LogP contribution in [0, 0.1) is 18.3 Å². The third kappa shape index (κ3) is 5.47. The molecule has 0 bridgehead atoms. The van der Waals surface area contributed by atoms with Gasteiger partial charge in [0.1, 0.15) is 5.01 Å². The predicted octanol–water partition coefficient (Wildman–Crippen LogP) is 2.03. The van der Waals surface area contributed by atoms with Crippen LogP contribution in [0.4, 0.5) is 0 Å². The van der Waals surface area contributed by atoms with E-state index < -0.39 is 34.1 Å². The number of thiazole rings is 1. The number of carbonyl (C=O) groups excluding carboxylic acids is 2. The van der Waals surface area contributed by atoms with E-state index in [1.165, 1.54) is 29.5 Å². The lowest BCUT2D eigenvalue weighted by Gasteiger charge is -2.08. The highest BCUT2D eigenvalue weighted by Crippen LogP contribution is 2.21. The average molecular weight is 392 g/mol. The van der Waals surface area contributed by atoms with Crippen LogP contribution in [0.15, 0.2) is 29.6 Å². The number of esters is 1. The molecule has 0 saturated carbocycles. The Morgan fingerprint density at radius 3 is 2.69 bits per heavy atom. The van der Waals surface area contributed by atoms with Gasteiger partial charge >= 0.3 is 5.97 Å². The van der Waals surface area contributed by atoms with Crippen molar-refractivity contribution in [1.82, 2.24) is 4.98 Å². The van der Waals surface area contributed by atoms with Gasteiger partial charge in [-0.05, 0) is 24.6 Å². The topological polar surface area (TPSA) is 114 Å². The van der Waals surface area contributed by atoms with Crippen LogP contribution < -0.4 is 0 Å². The van der Waals surface area contributed by atoms with E-state index in [2.05, 4.69) is 4.98 Å². The Hall–Kier alpha value is -2.57. The summed E-state index contributed by atoms with van der Waals surface area (Å²) in [6.07, 6.45) is 1.10. The second kappa shape index (κ2) is 8.21. The van der Waals surface area contributed by atoms with Crippen molar-refractivity contribution in [1.29, 1.82) is 5.26 Å². The summed E-state index contributed by atoms with van der Waals surface area (Å²) in [6, 6.07) is 7.86.